The predicted molar refractivity (Wildman–Crippen MR) is 52.2 cm³/mol. The summed E-state index contributed by atoms with van der Waals surface area (Å²) >= 11 is 0. The lowest BCUT2D eigenvalue weighted by Crippen LogP contribution is -2.18. The van der Waals surface area contributed by atoms with Crippen molar-refractivity contribution in [3.05, 3.63) is 11.6 Å². The Kier molecular flexibility index (Phi) is 3.03. The Bertz CT molecular complexity index is 264. The third-order valence-corrected chi connectivity index (χ3v) is 2.07. The summed E-state index contributed by atoms with van der Waals surface area (Å²) in [4.78, 5) is 4.34. The van der Waals surface area contributed by atoms with Crippen molar-refractivity contribution in [1.29, 1.82) is 0 Å². The molecule has 0 spiro atoms. The number of H-pyrrole nitrogens is 1. The molecule has 0 amide bonds. The molecule has 1 heterocycles. The minimum atomic E-state index is -0.0417. The van der Waals surface area contributed by atoms with Gasteiger partial charge in [-0.25, -0.2) is 4.98 Å². The summed E-state index contributed by atoms with van der Waals surface area (Å²) in [6.45, 7) is 8.27. The molecule has 4 nitrogen and oxygen atoms in total. The van der Waals surface area contributed by atoms with E-state index in [0.29, 0.717) is 11.8 Å². The van der Waals surface area contributed by atoms with Gasteiger partial charge in [0, 0.05) is 5.92 Å². The minimum Gasteiger partial charge on any atom is -0.321 e. The molecule has 74 valence electrons. The lowest BCUT2D eigenvalue weighted by atomic mass is 10.1. The first kappa shape index (κ1) is 10.2. The van der Waals surface area contributed by atoms with Gasteiger partial charge >= 0.3 is 0 Å². The topological polar surface area (TPSA) is 67.6 Å². The second kappa shape index (κ2) is 3.87. The summed E-state index contributed by atoms with van der Waals surface area (Å²) in [5.74, 6) is 2.36. The summed E-state index contributed by atoms with van der Waals surface area (Å²) in [5, 5.41) is 6.99. The van der Waals surface area contributed by atoms with Gasteiger partial charge in [0.15, 0.2) is 5.82 Å². The van der Waals surface area contributed by atoms with Crippen molar-refractivity contribution in [2.45, 2.75) is 39.7 Å². The van der Waals surface area contributed by atoms with E-state index in [1.54, 1.807) is 0 Å². The van der Waals surface area contributed by atoms with E-state index in [2.05, 4.69) is 42.9 Å². The Balaban J connectivity index is 2.79. The SMILES string of the molecule is CC(C)c1n[nH]c(C(N)C(C)C)n1. The third kappa shape index (κ3) is 2.28. The van der Waals surface area contributed by atoms with E-state index in [1.807, 2.05) is 0 Å². The molecule has 4 heteroatoms. The van der Waals surface area contributed by atoms with E-state index in [9.17, 15) is 0 Å². The van der Waals surface area contributed by atoms with Crippen LogP contribution in [0.25, 0.3) is 0 Å². The molecule has 0 radical (unpaired) electrons. The summed E-state index contributed by atoms with van der Waals surface area (Å²) in [7, 11) is 0. The fourth-order valence-electron chi connectivity index (χ4n) is 1.01. The standard InChI is InChI=1S/C9H18N4/c1-5(2)7(10)9-11-8(6(3)4)12-13-9/h5-7H,10H2,1-4H3,(H,11,12,13). The van der Waals surface area contributed by atoms with Crippen molar-refractivity contribution in [1.82, 2.24) is 15.2 Å². The van der Waals surface area contributed by atoms with Crippen LogP contribution in [0.4, 0.5) is 0 Å². The fraction of sp³-hybridized carbons (Fsp3) is 0.778. The number of hydrogen-bond donors (Lipinski definition) is 2. The molecule has 0 fully saturated rings. The van der Waals surface area contributed by atoms with Crippen LogP contribution < -0.4 is 5.73 Å². The molecule has 1 aromatic rings. The number of nitrogens with zero attached hydrogens (tertiary/aromatic N) is 2. The van der Waals surface area contributed by atoms with Crippen molar-refractivity contribution < 1.29 is 0 Å². The van der Waals surface area contributed by atoms with Crippen LogP contribution in [0.2, 0.25) is 0 Å². The third-order valence-electron chi connectivity index (χ3n) is 2.07. The highest BCUT2D eigenvalue weighted by Crippen LogP contribution is 2.16. The zero-order valence-corrected chi connectivity index (χ0v) is 8.70. The van der Waals surface area contributed by atoms with Gasteiger partial charge in [0.1, 0.15) is 5.82 Å². The summed E-state index contributed by atoms with van der Waals surface area (Å²) in [5.41, 5.74) is 5.92. The quantitative estimate of drug-likeness (QED) is 0.745. The first-order valence-corrected chi connectivity index (χ1v) is 4.70. The van der Waals surface area contributed by atoms with Gasteiger partial charge in [-0.2, -0.15) is 5.10 Å². The zero-order valence-electron chi connectivity index (χ0n) is 8.70. The molecule has 0 saturated carbocycles. The van der Waals surface area contributed by atoms with Crippen molar-refractivity contribution in [3.63, 3.8) is 0 Å². The van der Waals surface area contributed by atoms with E-state index in [-0.39, 0.29) is 6.04 Å². The molecule has 1 aromatic heterocycles. The van der Waals surface area contributed by atoms with Crippen molar-refractivity contribution >= 4 is 0 Å². The maximum atomic E-state index is 5.92. The predicted octanol–water partition coefficient (Wildman–Crippen LogP) is 1.58. The van der Waals surface area contributed by atoms with Crippen LogP contribution >= 0.6 is 0 Å². The first-order valence-electron chi connectivity index (χ1n) is 4.70. The molecule has 1 unspecified atom stereocenters. The van der Waals surface area contributed by atoms with Crippen LogP contribution in [0.15, 0.2) is 0 Å². The second-order valence-corrected chi connectivity index (χ2v) is 4.00. The van der Waals surface area contributed by atoms with E-state index < -0.39 is 0 Å². The lowest BCUT2D eigenvalue weighted by molar-refractivity contribution is 0.491. The monoisotopic (exact) mass is 182 g/mol. The Morgan fingerprint density at radius 1 is 1.23 bits per heavy atom. The number of nitrogens with one attached hydrogen (secondary N) is 1. The Morgan fingerprint density at radius 3 is 2.23 bits per heavy atom. The van der Waals surface area contributed by atoms with Crippen LogP contribution in [-0.2, 0) is 0 Å². The summed E-state index contributed by atoms with van der Waals surface area (Å²) in [6.07, 6.45) is 0. The van der Waals surface area contributed by atoms with Crippen LogP contribution in [-0.4, -0.2) is 15.2 Å². The van der Waals surface area contributed by atoms with E-state index >= 15 is 0 Å². The first-order chi connectivity index (χ1) is 6.02. The maximum Gasteiger partial charge on any atom is 0.153 e. The number of hydrogen-bond acceptors (Lipinski definition) is 3. The summed E-state index contributed by atoms with van der Waals surface area (Å²) in [6, 6.07) is -0.0417. The molecule has 0 bridgehead atoms. The largest absolute Gasteiger partial charge is 0.321 e. The minimum absolute atomic E-state index is 0.0417. The number of aromatic nitrogens is 3. The summed E-state index contributed by atoms with van der Waals surface area (Å²) < 4.78 is 0. The molecule has 0 aromatic carbocycles. The highest BCUT2D eigenvalue weighted by Gasteiger charge is 2.15. The molecule has 0 aliphatic heterocycles. The average Bonchev–Trinajstić information content (AvgIpc) is 2.50. The molecule has 3 N–H and O–H groups in total. The highest BCUT2D eigenvalue weighted by atomic mass is 15.2. The maximum absolute atomic E-state index is 5.92. The van der Waals surface area contributed by atoms with Crippen molar-refractivity contribution in [2.75, 3.05) is 0 Å². The number of aromatic amines is 1. The van der Waals surface area contributed by atoms with Gasteiger partial charge in [-0.1, -0.05) is 27.7 Å². The van der Waals surface area contributed by atoms with Gasteiger partial charge in [-0.15, -0.1) is 0 Å². The van der Waals surface area contributed by atoms with Crippen LogP contribution in [0.5, 0.6) is 0 Å². The Hall–Kier alpha value is -0.900. The van der Waals surface area contributed by atoms with Crippen LogP contribution in [0, 0.1) is 5.92 Å². The van der Waals surface area contributed by atoms with Gasteiger partial charge in [-0.3, -0.25) is 5.10 Å². The van der Waals surface area contributed by atoms with Crippen molar-refractivity contribution in [3.8, 4) is 0 Å². The van der Waals surface area contributed by atoms with E-state index in [0.717, 1.165) is 11.6 Å². The van der Waals surface area contributed by atoms with Crippen LogP contribution in [0.3, 0.4) is 0 Å². The number of nitrogens with two attached hydrogens (primary N) is 1. The Morgan fingerprint density at radius 2 is 1.85 bits per heavy atom. The molecule has 0 saturated heterocycles. The van der Waals surface area contributed by atoms with Gasteiger partial charge in [-0.05, 0) is 5.92 Å². The normalized spacial score (nSPS) is 14.1. The molecule has 1 atom stereocenters. The molecule has 0 aliphatic rings. The smallest absolute Gasteiger partial charge is 0.153 e. The average molecular weight is 182 g/mol. The zero-order chi connectivity index (χ0) is 10.0. The lowest BCUT2D eigenvalue weighted by Gasteiger charge is -2.11. The molecular weight excluding hydrogens is 164 g/mol. The Labute approximate surface area is 78.9 Å². The molecule has 0 aliphatic carbocycles. The van der Waals surface area contributed by atoms with E-state index in [4.69, 9.17) is 5.73 Å². The van der Waals surface area contributed by atoms with Gasteiger partial charge in [0.25, 0.3) is 0 Å². The fourth-order valence-corrected chi connectivity index (χ4v) is 1.01. The molecule has 1 rings (SSSR count). The molecular formula is C9H18N4. The van der Waals surface area contributed by atoms with Crippen LogP contribution in [0.1, 0.15) is 51.3 Å². The van der Waals surface area contributed by atoms with E-state index in [1.165, 1.54) is 0 Å². The van der Waals surface area contributed by atoms with Gasteiger partial charge in [0.2, 0.25) is 0 Å². The molecule has 13 heavy (non-hydrogen) atoms. The van der Waals surface area contributed by atoms with Gasteiger partial charge < -0.3 is 5.73 Å². The second-order valence-electron chi connectivity index (χ2n) is 4.00. The highest BCUT2D eigenvalue weighted by molar-refractivity contribution is 4.99. The number of rotatable bonds is 3. The van der Waals surface area contributed by atoms with Crippen molar-refractivity contribution in [2.24, 2.45) is 11.7 Å². The van der Waals surface area contributed by atoms with Gasteiger partial charge in [0.05, 0.1) is 6.04 Å².